The zero-order valence-corrected chi connectivity index (χ0v) is 14.4. The summed E-state index contributed by atoms with van der Waals surface area (Å²) in [5.74, 6) is 0. The third kappa shape index (κ3) is 3.38. The number of nitrogens with zero attached hydrogens (tertiary/aromatic N) is 1. The molecule has 0 fully saturated rings. The molecule has 1 heterocycles. The molecule has 18 heavy (non-hydrogen) atoms. The fourth-order valence-electron chi connectivity index (χ4n) is 1.91. The smallest absolute Gasteiger partial charge is 0.0798 e. The van der Waals surface area contributed by atoms with Crippen LogP contribution >= 0.6 is 0 Å². The van der Waals surface area contributed by atoms with Gasteiger partial charge in [-0.25, -0.2) is 0 Å². The maximum atomic E-state index is 7.70. The molecule has 0 N–H and O–H groups in total. The molecule has 0 atom stereocenters. The van der Waals surface area contributed by atoms with Gasteiger partial charge >= 0.3 is 0 Å². The molecule has 1 nitrogen and oxygen atoms in total. The van der Waals surface area contributed by atoms with Gasteiger partial charge in [-0.3, -0.25) is 0 Å². The Morgan fingerprint density at radius 1 is 1.28 bits per heavy atom. The van der Waals surface area contributed by atoms with Crippen molar-refractivity contribution in [3.05, 3.63) is 48.1 Å². The first-order chi connectivity index (χ1) is 9.20. The van der Waals surface area contributed by atoms with Crippen molar-refractivity contribution in [2.45, 2.75) is 26.6 Å². The van der Waals surface area contributed by atoms with Crippen LogP contribution in [0.1, 0.15) is 9.68 Å². The average Bonchev–Trinajstić information content (AvgIpc) is 2.33. The summed E-state index contributed by atoms with van der Waals surface area (Å²) in [6.45, 7) is 8.91. The summed E-state index contributed by atoms with van der Waals surface area (Å²) < 4.78 is 22.9. The number of aromatic nitrogens is 1. The van der Waals surface area contributed by atoms with E-state index in [1.165, 1.54) is 10.8 Å². The predicted octanol–water partition coefficient (Wildman–Crippen LogP) is 3.40. The first-order valence-corrected chi connectivity index (χ1v) is 9.18. The number of rotatable bonds is 2. The Morgan fingerprint density at radius 2 is 2.00 bits per heavy atom. The van der Waals surface area contributed by atoms with Crippen molar-refractivity contribution in [2.24, 2.45) is 0 Å². The van der Waals surface area contributed by atoms with Gasteiger partial charge < -0.3 is 4.98 Å². The molecule has 97 valence electrons. The van der Waals surface area contributed by atoms with Crippen LogP contribution in [0.15, 0.2) is 36.5 Å². The van der Waals surface area contributed by atoms with E-state index in [2.05, 4.69) is 37.6 Å². The van der Waals surface area contributed by atoms with Crippen LogP contribution in [0.25, 0.3) is 11.3 Å². The topological polar surface area (TPSA) is 12.9 Å². The molecule has 0 aliphatic carbocycles. The van der Waals surface area contributed by atoms with E-state index in [0.717, 1.165) is 0 Å². The predicted molar refractivity (Wildman–Crippen MR) is 76.2 cm³/mol. The minimum absolute atomic E-state index is 0. The summed E-state index contributed by atoms with van der Waals surface area (Å²) in [6.07, 6.45) is 1.91. The van der Waals surface area contributed by atoms with E-state index in [9.17, 15) is 0 Å². The first kappa shape index (κ1) is 11.1. The molecule has 2 rings (SSSR count). The molecule has 1 aromatic carbocycles. The van der Waals surface area contributed by atoms with Crippen molar-refractivity contribution in [1.82, 2.24) is 4.98 Å². The van der Waals surface area contributed by atoms with E-state index < -0.39 is 8.07 Å². The Bertz CT molecular complexity index is 645. The maximum absolute atomic E-state index is 7.70. The molecule has 1 radical (unpaired) electrons. The van der Waals surface area contributed by atoms with E-state index >= 15 is 0 Å². The number of hydrogen-bond acceptors (Lipinski definition) is 1. The van der Waals surface area contributed by atoms with E-state index in [1.807, 2.05) is 12.3 Å². The Kier molecular flexibility index (Phi) is 3.65. The Labute approximate surface area is 128 Å². The van der Waals surface area contributed by atoms with E-state index in [1.54, 1.807) is 6.07 Å². The number of hydrogen-bond donors (Lipinski definition) is 0. The van der Waals surface area contributed by atoms with Gasteiger partial charge in [-0.1, -0.05) is 31.3 Å². The summed E-state index contributed by atoms with van der Waals surface area (Å²) in [4.78, 5) is 4.46. The molecule has 0 aliphatic rings. The van der Waals surface area contributed by atoms with Crippen LogP contribution in [-0.4, -0.2) is 13.1 Å². The van der Waals surface area contributed by atoms with Crippen LogP contribution in [0.2, 0.25) is 19.6 Å². The molecular formula is C15H18IrNSi-. The van der Waals surface area contributed by atoms with E-state index in [0.29, 0.717) is 11.3 Å². The first-order valence-electron chi connectivity index (χ1n) is 7.18. The van der Waals surface area contributed by atoms with Gasteiger partial charge in [0, 0.05) is 29.0 Å². The SMILES string of the molecule is [2H]c1[c-]c(-c2cc(C)c([Si](C)(C)C)cn2)cc([2H])c1[2H].[Ir]. The molecular weight excluding hydrogens is 414 g/mol. The van der Waals surface area contributed by atoms with Crippen LogP contribution in [0.3, 0.4) is 0 Å². The zero-order valence-electron chi connectivity index (χ0n) is 14.0. The van der Waals surface area contributed by atoms with Crippen molar-refractivity contribution < 1.29 is 24.2 Å². The van der Waals surface area contributed by atoms with Crippen LogP contribution in [0, 0.1) is 13.0 Å². The molecule has 1 aromatic heterocycles. The third-order valence-electron chi connectivity index (χ3n) is 2.74. The van der Waals surface area contributed by atoms with Gasteiger partial charge in [-0.05, 0) is 19.2 Å². The molecule has 0 spiro atoms. The Hall–Kier alpha value is -0.764. The third-order valence-corrected chi connectivity index (χ3v) is 4.88. The Morgan fingerprint density at radius 3 is 2.56 bits per heavy atom. The van der Waals surface area contributed by atoms with E-state index in [-0.39, 0.29) is 38.2 Å². The monoisotopic (exact) mass is 436 g/mol. The average molecular weight is 436 g/mol. The fraction of sp³-hybridized carbons (Fsp3) is 0.267. The summed E-state index contributed by atoms with van der Waals surface area (Å²) >= 11 is 0. The van der Waals surface area contributed by atoms with Crippen LogP contribution in [0.5, 0.6) is 0 Å². The molecule has 2 aromatic rings. The minimum atomic E-state index is -1.41. The number of pyridine rings is 1. The molecule has 0 unspecified atom stereocenters. The molecule has 0 saturated heterocycles. The molecule has 0 amide bonds. The second-order valence-electron chi connectivity index (χ2n) is 5.21. The van der Waals surface area contributed by atoms with Gasteiger partial charge in [0.15, 0.2) is 0 Å². The van der Waals surface area contributed by atoms with Crippen LogP contribution in [0.4, 0.5) is 0 Å². The quantitative estimate of drug-likeness (QED) is 0.521. The van der Waals surface area contributed by atoms with Crippen LogP contribution < -0.4 is 5.19 Å². The van der Waals surface area contributed by atoms with Crippen LogP contribution in [-0.2, 0) is 20.1 Å². The molecule has 0 saturated carbocycles. The van der Waals surface area contributed by atoms with Crippen molar-refractivity contribution in [3.63, 3.8) is 0 Å². The zero-order chi connectivity index (χ0) is 15.1. The van der Waals surface area contributed by atoms with Crippen molar-refractivity contribution >= 4 is 13.3 Å². The Balaban J connectivity index is 0.00000220. The molecule has 0 aliphatic heterocycles. The normalized spacial score (nSPS) is 13.2. The minimum Gasteiger partial charge on any atom is -0.305 e. The standard InChI is InChI=1S/C15H18NSi.Ir/c1-12-10-14(13-8-6-5-7-9-13)16-11-15(12)17(2,3)4;/h5-8,10-11H,1-4H3;/q-1;/i5D,6D,7D;. The van der Waals surface area contributed by atoms with Gasteiger partial charge in [0.1, 0.15) is 0 Å². The van der Waals surface area contributed by atoms with Gasteiger partial charge in [0.25, 0.3) is 0 Å². The largest absolute Gasteiger partial charge is 0.305 e. The second-order valence-corrected chi connectivity index (χ2v) is 10.3. The second kappa shape index (κ2) is 5.92. The fourth-order valence-corrected chi connectivity index (χ4v) is 3.61. The summed E-state index contributed by atoms with van der Waals surface area (Å²) in [7, 11) is -1.41. The van der Waals surface area contributed by atoms with Crippen molar-refractivity contribution in [2.75, 3.05) is 0 Å². The van der Waals surface area contributed by atoms with E-state index in [4.69, 9.17) is 4.11 Å². The number of aryl methyl sites for hydroxylation is 1. The van der Waals surface area contributed by atoms with Crippen molar-refractivity contribution in [3.8, 4) is 11.3 Å². The van der Waals surface area contributed by atoms with Crippen molar-refractivity contribution in [1.29, 1.82) is 0 Å². The molecule has 3 heteroatoms. The summed E-state index contributed by atoms with van der Waals surface area (Å²) in [5, 5.41) is 1.32. The van der Waals surface area contributed by atoms with Gasteiger partial charge in [-0.2, -0.15) is 0 Å². The summed E-state index contributed by atoms with van der Waals surface area (Å²) in [5.41, 5.74) is 2.52. The van der Waals surface area contributed by atoms with Gasteiger partial charge in [0.2, 0.25) is 0 Å². The number of benzene rings is 1. The maximum Gasteiger partial charge on any atom is 0.0798 e. The summed E-state index contributed by atoms with van der Waals surface area (Å²) in [6, 6.07) is 6.26. The van der Waals surface area contributed by atoms with Gasteiger partial charge in [-0.15, -0.1) is 35.8 Å². The van der Waals surface area contributed by atoms with Gasteiger partial charge in [0.05, 0.1) is 8.07 Å². The molecule has 0 bridgehead atoms.